The van der Waals surface area contributed by atoms with Crippen LogP contribution < -0.4 is 0 Å². The summed E-state index contributed by atoms with van der Waals surface area (Å²) in [4.78, 5) is 2.31. The van der Waals surface area contributed by atoms with Crippen LogP contribution in [0.15, 0.2) is 48.5 Å². The number of aromatic hydroxyl groups is 1. The van der Waals surface area contributed by atoms with Crippen molar-refractivity contribution in [3.05, 3.63) is 65.2 Å². The molecule has 2 aromatic rings. The lowest BCUT2D eigenvalue weighted by Crippen LogP contribution is -2.30. The highest BCUT2D eigenvalue weighted by molar-refractivity contribution is 5.43. The van der Waals surface area contributed by atoms with Gasteiger partial charge in [-0.05, 0) is 35.9 Å². The fraction of sp³-hybridized carbons (Fsp3) is 0.250. The molecule has 18 heavy (non-hydrogen) atoms. The van der Waals surface area contributed by atoms with Crippen LogP contribution in [-0.2, 0) is 6.54 Å². The number of phenols is 1. The molecule has 1 atom stereocenters. The molecule has 2 nitrogen and oxygen atoms in total. The van der Waals surface area contributed by atoms with E-state index >= 15 is 0 Å². The van der Waals surface area contributed by atoms with Crippen molar-refractivity contribution >= 4 is 0 Å². The molecular weight excluding hydrogens is 222 g/mol. The summed E-state index contributed by atoms with van der Waals surface area (Å²) in [6.07, 6.45) is 0. The van der Waals surface area contributed by atoms with E-state index in [0.29, 0.717) is 11.7 Å². The number of rotatable bonds is 1. The average Bonchev–Trinajstić information content (AvgIpc) is 2.38. The minimum atomic E-state index is 0.357. The summed E-state index contributed by atoms with van der Waals surface area (Å²) in [6, 6.07) is 16.3. The van der Waals surface area contributed by atoms with Crippen LogP contribution >= 0.6 is 0 Å². The van der Waals surface area contributed by atoms with Gasteiger partial charge in [-0.15, -0.1) is 0 Å². The zero-order valence-electron chi connectivity index (χ0n) is 10.5. The summed E-state index contributed by atoms with van der Waals surface area (Å²) in [5.41, 5.74) is 3.92. The van der Waals surface area contributed by atoms with Crippen LogP contribution in [0.4, 0.5) is 0 Å². The predicted molar refractivity (Wildman–Crippen MR) is 72.7 cm³/mol. The topological polar surface area (TPSA) is 23.5 Å². The third-order valence-electron chi connectivity index (χ3n) is 3.64. The molecule has 92 valence electrons. The van der Waals surface area contributed by atoms with E-state index in [2.05, 4.69) is 42.3 Å². The zero-order valence-corrected chi connectivity index (χ0v) is 10.5. The van der Waals surface area contributed by atoms with Crippen molar-refractivity contribution in [2.45, 2.75) is 12.5 Å². The minimum absolute atomic E-state index is 0.357. The highest BCUT2D eigenvalue weighted by Gasteiger charge is 2.24. The number of nitrogens with zero attached hydrogens (tertiary/aromatic N) is 1. The average molecular weight is 239 g/mol. The van der Waals surface area contributed by atoms with E-state index in [0.717, 1.165) is 13.1 Å². The largest absolute Gasteiger partial charge is 0.508 e. The molecule has 2 heteroatoms. The molecule has 0 saturated heterocycles. The van der Waals surface area contributed by atoms with Gasteiger partial charge in [0, 0.05) is 19.0 Å². The minimum Gasteiger partial charge on any atom is -0.508 e. The molecule has 0 fully saturated rings. The maximum atomic E-state index is 9.61. The smallest absolute Gasteiger partial charge is 0.115 e. The predicted octanol–water partition coefficient (Wildman–Crippen LogP) is 2.97. The lowest BCUT2D eigenvalue weighted by atomic mass is 9.85. The first-order valence-electron chi connectivity index (χ1n) is 6.29. The van der Waals surface area contributed by atoms with Crippen molar-refractivity contribution in [3.8, 4) is 5.75 Å². The van der Waals surface area contributed by atoms with E-state index in [9.17, 15) is 5.11 Å². The summed E-state index contributed by atoms with van der Waals surface area (Å²) in [5, 5.41) is 9.61. The Morgan fingerprint density at radius 3 is 2.67 bits per heavy atom. The van der Waals surface area contributed by atoms with Gasteiger partial charge in [0.2, 0.25) is 0 Å². The molecule has 0 spiro atoms. The van der Waals surface area contributed by atoms with Gasteiger partial charge in [-0.1, -0.05) is 36.4 Å². The van der Waals surface area contributed by atoms with Crippen molar-refractivity contribution in [3.63, 3.8) is 0 Å². The standard InChI is InChI=1S/C16H17NO/c1-17-10-13-9-14(18)7-8-15(13)16(11-17)12-5-3-2-4-6-12/h2-9,16,18H,10-11H2,1H3. The number of hydrogen-bond donors (Lipinski definition) is 1. The maximum absolute atomic E-state index is 9.61. The second-order valence-corrected chi connectivity index (χ2v) is 5.04. The maximum Gasteiger partial charge on any atom is 0.115 e. The molecule has 0 radical (unpaired) electrons. The van der Waals surface area contributed by atoms with Crippen LogP contribution in [0, 0.1) is 0 Å². The molecule has 1 aliphatic heterocycles. The quantitative estimate of drug-likeness (QED) is 0.827. The van der Waals surface area contributed by atoms with Crippen molar-refractivity contribution in [1.29, 1.82) is 0 Å². The van der Waals surface area contributed by atoms with Gasteiger partial charge < -0.3 is 10.0 Å². The van der Waals surface area contributed by atoms with E-state index in [4.69, 9.17) is 0 Å². The lowest BCUT2D eigenvalue weighted by molar-refractivity contribution is 0.294. The van der Waals surface area contributed by atoms with Gasteiger partial charge in [-0.25, -0.2) is 0 Å². The third-order valence-corrected chi connectivity index (χ3v) is 3.64. The molecule has 0 amide bonds. The van der Waals surface area contributed by atoms with Crippen LogP contribution in [0.1, 0.15) is 22.6 Å². The van der Waals surface area contributed by atoms with E-state index < -0.39 is 0 Å². The van der Waals surface area contributed by atoms with Crippen LogP contribution in [0.5, 0.6) is 5.75 Å². The van der Waals surface area contributed by atoms with Gasteiger partial charge in [0.05, 0.1) is 0 Å². The fourth-order valence-electron chi connectivity index (χ4n) is 2.80. The SMILES string of the molecule is CN1Cc2cc(O)ccc2C(c2ccccc2)C1. The summed E-state index contributed by atoms with van der Waals surface area (Å²) >= 11 is 0. The van der Waals surface area contributed by atoms with Crippen molar-refractivity contribution in [2.75, 3.05) is 13.6 Å². The van der Waals surface area contributed by atoms with Crippen molar-refractivity contribution < 1.29 is 5.11 Å². The Bertz CT molecular complexity index is 550. The first kappa shape index (κ1) is 11.3. The Hall–Kier alpha value is -1.80. The second kappa shape index (κ2) is 4.46. The van der Waals surface area contributed by atoms with Gasteiger partial charge in [-0.3, -0.25) is 0 Å². The van der Waals surface area contributed by atoms with Crippen LogP contribution in [0.25, 0.3) is 0 Å². The first-order valence-corrected chi connectivity index (χ1v) is 6.29. The summed E-state index contributed by atoms with van der Waals surface area (Å²) in [6.45, 7) is 1.94. The number of fused-ring (bicyclic) bond motifs is 1. The van der Waals surface area contributed by atoms with E-state index in [1.807, 2.05) is 12.1 Å². The summed E-state index contributed by atoms with van der Waals surface area (Å²) in [7, 11) is 2.13. The van der Waals surface area contributed by atoms with Crippen LogP contribution in [0.2, 0.25) is 0 Å². The molecule has 0 aliphatic carbocycles. The highest BCUT2D eigenvalue weighted by atomic mass is 16.3. The normalized spacial score (nSPS) is 19.5. The van der Waals surface area contributed by atoms with E-state index in [1.54, 1.807) is 6.07 Å². The molecule has 1 N–H and O–H groups in total. The molecule has 0 bridgehead atoms. The molecule has 1 heterocycles. The molecule has 2 aromatic carbocycles. The Morgan fingerprint density at radius 2 is 1.89 bits per heavy atom. The highest BCUT2D eigenvalue weighted by Crippen LogP contribution is 2.34. The van der Waals surface area contributed by atoms with Crippen LogP contribution in [0.3, 0.4) is 0 Å². The Morgan fingerprint density at radius 1 is 1.11 bits per heavy atom. The van der Waals surface area contributed by atoms with Crippen molar-refractivity contribution in [2.24, 2.45) is 0 Å². The Labute approximate surface area is 107 Å². The number of benzene rings is 2. The third kappa shape index (κ3) is 2.00. The Balaban J connectivity index is 2.08. The molecule has 1 aliphatic rings. The van der Waals surface area contributed by atoms with Crippen LogP contribution in [-0.4, -0.2) is 23.6 Å². The number of likely N-dealkylation sites (N-methyl/N-ethyl adjacent to an activating group) is 1. The van der Waals surface area contributed by atoms with E-state index in [1.165, 1.54) is 16.7 Å². The summed E-state index contributed by atoms with van der Waals surface area (Å²) in [5.74, 6) is 0.761. The number of phenolic OH excluding ortho intramolecular Hbond substituents is 1. The summed E-state index contributed by atoms with van der Waals surface area (Å²) < 4.78 is 0. The van der Waals surface area contributed by atoms with Gasteiger partial charge >= 0.3 is 0 Å². The fourth-order valence-corrected chi connectivity index (χ4v) is 2.80. The molecular formula is C16H17NO. The zero-order chi connectivity index (χ0) is 12.5. The molecule has 0 saturated carbocycles. The monoisotopic (exact) mass is 239 g/mol. The second-order valence-electron chi connectivity index (χ2n) is 5.04. The van der Waals surface area contributed by atoms with Gasteiger partial charge in [0.15, 0.2) is 0 Å². The first-order chi connectivity index (χ1) is 8.74. The van der Waals surface area contributed by atoms with Gasteiger partial charge in [0.1, 0.15) is 5.75 Å². The van der Waals surface area contributed by atoms with Gasteiger partial charge in [-0.2, -0.15) is 0 Å². The molecule has 0 aromatic heterocycles. The van der Waals surface area contributed by atoms with Crippen molar-refractivity contribution in [1.82, 2.24) is 4.90 Å². The van der Waals surface area contributed by atoms with Gasteiger partial charge in [0.25, 0.3) is 0 Å². The lowest BCUT2D eigenvalue weighted by Gasteiger charge is -2.32. The number of hydrogen-bond acceptors (Lipinski definition) is 2. The Kier molecular flexibility index (Phi) is 2.80. The molecule has 1 unspecified atom stereocenters. The van der Waals surface area contributed by atoms with E-state index in [-0.39, 0.29) is 0 Å². The molecule has 3 rings (SSSR count).